The molecule has 0 radical (unpaired) electrons. The molecule has 0 aliphatic rings. The molecule has 1 heterocycles. The fourth-order valence-electron chi connectivity index (χ4n) is 2.06. The zero-order valence-electron chi connectivity index (χ0n) is 11.7. The SMILES string of the molecule is COCC(C(C)C)n1nnnc1-c1cc(N)cc(F)c1. The van der Waals surface area contributed by atoms with Crippen molar-refractivity contribution in [3.05, 3.63) is 24.0 Å². The van der Waals surface area contributed by atoms with E-state index in [1.54, 1.807) is 17.9 Å². The molecule has 1 aromatic carbocycles. The maximum atomic E-state index is 13.5. The van der Waals surface area contributed by atoms with Crippen LogP contribution in [-0.2, 0) is 4.74 Å². The fraction of sp³-hybridized carbons (Fsp3) is 0.462. The molecule has 2 N–H and O–H groups in total. The van der Waals surface area contributed by atoms with Crippen molar-refractivity contribution in [1.29, 1.82) is 0 Å². The number of halogens is 1. The lowest BCUT2D eigenvalue weighted by Gasteiger charge is -2.21. The van der Waals surface area contributed by atoms with Gasteiger partial charge in [0, 0.05) is 18.4 Å². The molecule has 1 unspecified atom stereocenters. The average molecular weight is 279 g/mol. The van der Waals surface area contributed by atoms with E-state index in [9.17, 15) is 4.39 Å². The normalized spacial score (nSPS) is 12.8. The lowest BCUT2D eigenvalue weighted by Crippen LogP contribution is -2.22. The molecule has 20 heavy (non-hydrogen) atoms. The van der Waals surface area contributed by atoms with Gasteiger partial charge >= 0.3 is 0 Å². The highest BCUT2D eigenvalue weighted by Crippen LogP contribution is 2.25. The highest BCUT2D eigenvalue weighted by molar-refractivity contribution is 5.61. The third-order valence-corrected chi connectivity index (χ3v) is 3.09. The van der Waals surface area contributed by atoms with Gasteiger partial charge in [0.15, 0.2) is 5.82 Å². The molecule has 0 aliphatic heterocycles. The van der Waals surface area contributed by atoms with Crippen molar-refractivity contribution in [2.75, 3.05) is 19.5 Å². The largest absolute Gasteiger partial charge is 0.399 e. The first-order chi connectivity index (χ1) is 9.52. The van der Waals surface area contributed by atoms with Gasteiger partial charge in [-0.15, -0.1) is 5.10 Å². The van der Waals surface area contributed by atoms with Gasteiger partial charge in [-0.3, -0.25) is 0 Å². The van der Waals surface area contributed by atoms with Crippen LogP contribution < -0.4 is 5.73 Å². The summed E-state index contributed by atoms with van der Waals surface area (Å²) < 4.78 is 20.3. The van der Waals surface area contributed by atoms with Crippen LogP contribution in [0.4, 0.5) is 10.1 Å². The third kappa shape index (κ3) is 2.93. The second-order valence-electron chi connectivity index (χ2n) is 4.99. The van der Waals surface area contributed by atoms with Crippen LogP contribution in [0.25, 0.3) is 11.4 Å². The zero-order chi connectivity index (χ0) is 14.7. The Labute approximate surface area is 116 Å². The predicted octanol–water partition coefficient (Wildman–Crippen LogP) is 1.90. The molecule has 0 spiro atoms. The Balaban J connectivity index is 2.46. The number of hydrogen-bond donors (Lipinski definition) is 1. The number of methoxy groups -OCH3 is 1. The summed E-state index contributed by atoms with van der Waals surface area (Å²) in [5.41, 5.74) is 6.55. The highest BCUT2D eigenvalue weighted by Gasteiger charge is 2.22. The summed E-state index contributed by atoms with van der Waals surface area (Å²) in [4.78, 5) is 0. The fourth-order valence-corrected chi connectivity index (χ4v) is 2.06. The minimum Gasteiger partial charge on any atom is -0.399 e. The summed E-state index contributed by atoms with van der Waals surface area (Å²) in [5, 5.41) is 11.7. The first-order valence-corrected chi connectivity index (χ1v) is 6.36. The summed E-state index contributed by atoms with van der Waals surface area (Å²) in [6.45, 7) is 4.57. The maximum absolute atomic E-state index is 13.5. The van der Waals surface area contributed by atoms with Crippen LogP contribution in [0.1, 0.15) is 19.9 Å². The quantitative estimate of drug-likeness (QED) is 0.846. The molecule has 0 bridgehead atoms. The number of hydrogen-bond acceptors (Lipinski definition) is 5. The summed E-state index contributed by atoms with van der Waals surface area (Å²) >= 11 is 0. The average Bonchev–Trinajstić information content (AvgIpc) is 2.83. The maximum Gasteiger partial charge on any atom is 0.182 e. The van der Waals surface area contributed by atoms with Crippen LogP contribution in [0.15, 0.2) is 18.2 Å². The second-order valence-corrected chi connectivity index (χ2v) is 4.99. The molecule has 108 valence electrons. The molecule has 0 saturated heterocycles. The number of rotatable bonds is 5. The van der Waals surface area contributed by atoms with E-state index in [2.05, 4.69) is 29.4 Å². The Morgan fingerprint density at radius 3 is 2.70 bits per heavy atom. The first-order valence-electron chi connectivity index (χ1n) is 6.36. The van der Waals surface area contributed by atoms with E-state index in [0.29, 0.717) is 23.7 Å². The minimum atomic E-state index is -0.414. The molecule has 6 nitrogen and oxygen atoms in total. The molecule has 0 aliphatic carbocycles. The number of benzene rings is 1. The Bertz CT molecular complexity index is 564. The third-order valence-electron chi connectivity index (χ3n) is 3.09. The molecule has 0 amide bonds. The smallest absolute Gasteiger partial charge is 0.182 e. The lowest BCUT2D eigenvalue weighted by atomic mass is 10.0. The van der Waals surface area contributed by atoms with E-state index in [4.69, 9.17) is 10.5 Å². The van der Waals surface area contributed by atoms with Crippen LogP contribution in [0, 0.1) is 11.7 Å². The summed E-state index contributed by atoms with van der Waals surface area (Å²) in [6, 6.07) is 4.24. The molecule has 2 rings (SSSR count). The number of tetrazole rings is 1. The lowest BCUT2D eigenvalue weighted by molar-refractivity contribution is 0.126. The zero-order valence-corrected chi connectivity index (χ0v) is 11.7. The van der Waals surface area contributed by atoms with E-state index in [1.165, 1.54) is 12.1 Å². The Morgan fingerprint density at radius 1 is 1.35 bits per heavy atom. The predicted molar refractivity (Wildman–Crippen MR) is 73.4 cm³/mol. The minimum absolute atomic E-state index is 0.0329. The van der Waals surface area contributed by atoms with Gasteiger partial charge in [-0.1, -0.05) is 13.8 Å². The van der Waals surface area contributed by atoms with Crippen molar-refractivity contribution >= 4 is 5.69 Å². The van der Waals surface area contributed by atoms with Gasteiger partial charge in [-0.05, 0) is 34.5 Å². The van der Waals surface area contributed by atoms with Gasteiger partial charge in [-0.2, -0.15) is 0 Å². The van der Waals surface area contributed by atoms with E-state index < -0.39 is 5.82 Å². The van der Waals surface area contributed by atoms with Crippen molar-refractivity contribution in [2.24, 2.45) is 5.92 Å². The van der Waals surface area contributed by atoms with Crippen molar-refractivity contribution in [2.45, 2.75) is 19.9 Å². The molecule has 0 fully saturated rings. The first kappa shape index (κ1) is 14.4. The summed E-state index contributed by atoms with van der Waals surface area (Å²) in [6.07, 6.45) is 0. The number of anilines is 1. The Morgan fingerprint density at radius 2 is 2.10 bits per heavy atom. The van der Waals surface area contributed by atoms with Gasteiger partial charge < -0.3 is 10.5 Å². The van der Waals surface area contributed by atoms with Gasteiger partial charge in [0.1, 0.15) is 5.82 Å². The van der Waals surface area contributed by atoms with E-state index in [1.807, 2.05) is 0 Å². The van der Waals surface area contributed by atoms with Crippen LogP contribution in [0.3, 0.4) is 0 Å². The molecule has 7 heteroatoms. The van der Waals surface area contributed by atoms with Gasteiger partial charge in [0.05, 0.1) is 12.6 Å². The molecule has 0 saturated carbocycles. The van der Waals surface area contributed by atoms with Crippen LogP contribution >= 0.6 is 0 Å². The van der Waals surface area contributed by atoms with Gasteiger partial charge in [0.25, 0.3) is 0 Å². The van der Waals surface area contributed by atoms with Crippen LogP contribution in [0.5, 0.6) is 0 Å². The Kier molecular flexibility index (Phi) is 4.29. The van der Waals surface area contributed by atoms with Crippen molar-refractivity contribution in [3.63, 3.8) is 0 Å². The van der Waals surface area contributed by atoms with Crippen molar-refractivity contribution in [3.8, 4) is 11.4 Å². The molecule has 2 aromatic rings. The summed E-state index contributed by atoms with van der Waals surface area (Å²) in [5.74, 6) is 0.331. The van der Waals surface area contributed by atoms with Crippen LogP contribution in [-0.4, -0.2) is 33.9 Å². The molecule has 1 aromatic heterocycles. The molecular weight excluding hydrogens is 261 g/mol. The van der Waals surface area contributed by atoms with Gasteiger partial charge in [0.2, 0.25) is 0 Å². The van der Waals surface area contributed by atoms with Gasteiger partial charge in [-0.25, -0.2) is 9.07 Å². The molecular formula is C13H18FN5O. The topological polar surface area (TPSA) is 78.8 Å². The number of nitrogens with zero attached hydrogens (tertiary/aromatic N) is 4. The highest BCUT2D eigenvalue weighted by atomic mass is 19.1. The number of aromatic nitrogens is 4. The number of nitrogen functional groups attached to an aromatic ring is 1. The van der Waals surface area contributed by atoms with Crippen LogP contribution in [0.2, 0.25) is 0 Å². The van der Waals surface area contributed by atoms with E-state index >= 15 is 0 Å². The summed E-state index contributed by atoms with van der Waals surface area (Å²) in [7, 11) is 1.62. The van der Waals surface area contributed by atoms with Crippen molar-refractivity contribution in [1.82, 2.24) is 20.2 Å². The number of nitrogens with two attached hydrogens (primary N) is 1. The second kappa shape index (κ2) is 5.96. The van der Waals surface area contributed by atoms with E-state index in [0.717, 1.165) is 0 Å². The van der Waals surface area contributed by atoms with E-state index in [-0.39, 0.29) is 12.0 Å². The number of ether oxygens (including phenoxy) is 1. The van der Waals surface area contributed by atoms with Crippen molar-refractivity contribution < 1.29 is 9.13 Å². The molecule has 1 atom stereocenters. The monoisotopic (exact) mass is 279 g/mol. The standard InChI is InChI=1S/C13H18FN5O/c1-8(2)12(7-20-3)19-13(16-17-18-19)9-4-10(14)6-11(15)5-9/h4-6,8,12H,7,15H2,1-3H3. The Hall–Kier alpha value is -2.02.